The van der Waals surface area contributed by atoms with Crippen LogP contribution in [0.5, 0.6) is 0 Å². The second-order valence-electron chi connectivity index (χ2n) is 6.13. The highest BCUT2D eigenvalue weighted by atomic mass is 32.2. The van der Waals surface area contributed by atoms with Crippen molar-refractivity contribution in [1.82, 2.24) is 9.62 Å². The van der Waals surface area contributed by atoms with E-state index in [0.29, 0.717) is 29.3 Å². The molecule has 1 aromatic rings. The normalized spacial score (nSPS) is 20.5. The van der Waals surface area contributed by atoms with Crippen molar-refractivity contribution in [3.05, 3.63) is 16.5 Å². The van der Waals surface area contributed by atoms with Gasteiger partial charge in [0, 0.05) is 30.6 Å². The van der Waals surface area contributed by atoms with E-state index in [0.717, 1.165) is 29.8 Å². The van der Waals surface area contributed by atoms with Crippen LogP contribution < -0.4 is 5.32 Å². The first kappa shape index (κ1) is 16.9. The molecule has 0 spiro atoms. The van der Waals surface area contributed by atoms with Crippen molar-refractivity contribution in [2.75, 3.05) is 13.1 Å². The zero-order chi connectivity index (χ0) is 15.6. The molecular weight excluding hydrogens is 304 g/mol. The highest BCUT2D eigenvalue weighted by Gasteiger charge is 2.33. The Hall–Kier alpha value is -0.430. The van der Waals surface area contributed by atoms with Crippen molar-refractivity contribution in [3.63, 3.8) is 0 Å². The molecule has 2 heterocycles. The third-order valence-electron chi connectivity index (χ3n) is 4.09. The first-order chi connectivity index (χ1) is 9.84. The largest absolute Gasteiger partial charge is 0.310 e. The van der Waals surface area contributed by atoms with E-state index in [1.807, 2.05) is 13.0 Å². The molecule has 4 nitrogen and oxygen atoms in total. The number of hydrogen-bond donors (Lipinski definition) is 1. The van der Waals surface area contributed by atoms with Crippen LogP contribution in [0.25, 0.3) is 0 Å². The third-order valence-corrected chi connectivity index (χ3v) is 7.64. The van der Waals surface area contributed by atoms with Crippen LogP contribution in [0.1, 0.15) is 44.1 Å². The van der Waals surface area contributed by atoms with Crippen molar-refractivity contribution in [3.8, 4) is 0 Å². The molecule has 1 aliphatic rings. The maximum Gasteiger partial charge on any atom is 0.252 e. The first-order valence-corrected chi connectivity index (χ1v) is 9.93. The van der Waals surface area contributed by atoms with Crippen molar-refractivity contribution >= 4 is 21.4 Å². The Morgan fingerprint density at radius 3 is 2.76 bits per heavy atom. The average Bonchev–Trinajstić information content (AvgIpc) is 3.03. The molecule has 1 fully saturated rings. The second kappa shape index (κ2) is 6.77. The number of nitrogens with zero attached hydrogens (tertiary/aromatic N) is 1. The molecule has 0 radical (unpaired) electrons. The van der Waals surface area contributed by atoms with Gasteiger partial charge in [0.2, 0.25) is 0 Å². The molecule has 1 saturated heterocycles. The number of sulfonamides is 1. The molecule has 0 amide bonds. The summed E-state index contributed by atoms with van der Waals surface area (Å²) in [6.07, 6.45) is 2.04. The van der Waals surface area contributed by atoms with Crippen LogP contribution >= 0.6 is 11.3 Å². The van der Waals surface area contributed by atoms with E-state index < -0.39 is 10.0 Å². The van der Waals surface area contributed by atoms with Crippen LogP contribution in [0.2, 0.25) is 0 Å². The average molecular weight is 331 g/mol. The number of rotatable bonds is 6. The van der Waals surface area contributed by atoms with Gasteiger partial charge in [-0.15, -0.1) is 11.3 Å². The Labute approximate surface area is 132 Å². The fourth-order valence-corrected chi connectivity index (χ4v) is 5.79. The van der Waals surface area contributed by atoms with E-state index in [2.05, 4.69) is 26.1 Å². The summed E-state index contributed by atoms with van der Waals surface area (Å²) in [5, 5.41) is 3.36. The molecule has 0 aliphatic carbocycles. The molecule has 120 valence electrons. The summed E-state index contributed by atoms with van der Waals surface area (Å²) in [5.41, 5.74) is 1.07. The molecule has 1 aliphatic heterocycles. The van der Waals surface area contributed by atoms with Gasteiger partial charge in [-0.05, 0) is 30.9 Å². The van der Waals surface area contributed by atoms with Gasteiger partial charge in [-0.3, -0.25) is 0 Å². The van der Waals surface area contributed by atoms with E-state index in [9.17, 15) is 8.42 Å². The van der Waals surface area contributed by atoms with Crippen LogP contribution in [0.3, 0.4) is 0 Å². The van der Waals surface area contributed by atoms with Crippen molar-refractivity contribution in [2.24, 2.45) is 5.92 Å². The SMILES string of the molecule is CCC1CCN(S(=O)(=O)c2cc(C)c(CNC(C)C)s2)C1. The first-order valence-electron chi connectivity index (χ1n) is 7.67. The van der Waals surface area contributed by atoms with Gasteiger partial charge in [0.15, 0.2) is 0 Å². The molecule has 6 heteroatoms. The molecule has 1 unspecified atom stereocenters. The molecule has 1 aromatic heterocycles. The minimum absolute atomic E-state index is 0.399. The Kier molecular flexibility index (Phi) is 5.46. The van der Waals surface area contributed by atoms with E-state index in [-0.39, 0.29) is 0 Å². The molecule has 1 atom stereocenters. The van der Waals surface area contributed by atoms with E-state index >= 15 is 0 Å². The lowest BCUT2D eigenvalue weighted by atomic mass is 10.1. The molecule has 21 heavy (non-hydrogen) atoms. The highest BCUT2D eigenvalue weighted by molar-refractivity contribution is 7.91. The predicted octanol–water partition coefficient (Wildman–Crippen LogP) is 2.98. The standard InChI is InChI=1S/C15H26N2O2S2/c1-5-13-6-7-17(10-13)21(18,19)15-8-12(4)14(20-15)9-16-11(2)3/h8,11,13,16H,5-7,9-10H2,1-4H3. The topological polar surface area (TPSA) is 49.4 Å². The van der Waals surface area contributed by atoms with Gasteiger partial charge in [-0.2, -0.15) is 4.31 Å². The molecule has 0 saturated carbocycles. The van der Waals surface area contributed by atoms with E-state index in [1.165, 1.54) is 11.3 Å². The second-order valence-corrected chi connectivity index (χ2v) is 9.43. The minimum Gasteiger partial charge on any atom is -0.310 e. The zero-order valence-corrected chi connectivity index (χ0v) is 15.0. The summed E-state index contributed by atoms with van der Waals surface area (Å²) in [7, 11) is -3.30. The molecule has 0 aromatic carbocycles. The fourth-order valence-electron chi connectivity index (χ4n) is 2.56. The third kappa shape index (κ3) is 3.86. The highest BCUT2D eigenvalue weighted by Crippen LogP contribution is 2.32. The summed E-state index contributed by atoms with van der Waals surface area (Å²) < 4.78 is 27.6. The predicted molar refractivity (Wildman–Crippen MR) is 88.2 cm³/mol. The van der Waals surface area contributed by atoms with Crippen LogP contribution in [0.15, 0.2) is 10.3 Å². The Balaban J connectivity index is 2.15. The minimum atomic E-state index is -3.30. The van der Waals surface area contributed by atoms with Gasteiger partial charge in [-0.1, -0.05) is 27.2 Å². The van der Waals surface area contributed by atoms with Gasteiger partial charge >= 0.3 is 0 Å². The van der Waals surface area contributed by atoms with Crippen molar-refractivity contribution < 1.29 is 8.42 Å². The Bertz CT molecular complexity index is 578. The summed E-state index contributed by atoms with van der Waals surface area (Å²) >= 11 is 1.41. The summed E-state index contributed by atoms with van der Waals surface area (Å²) in [6.45, 7) is 10.4. The zero-order valence-electron chi connectivity index (χ0n) is 13.3. The summed E-state index contributed by atoms with van der Waals surface area (Å²) in [6, 6.07) is 2.23. The smallest absolute Gasteiger partial charge is 0.252 e. The maximum absolute atomic E-state index is 12.7. The fraction of sp³-hybridized carbons (Fsp3) is 0.733. The van der Waals surface area contributed by atoms with Crippen LogP contribution in [0, 0.1) is 12.8 Å². The van der Waals surface area contributed by atoms with Crippen molar-refractivity contribution in [2.45, 2.75) is 57.3 Å². The number of nitrogens with one attached hydrogen (secondary N) is 1. The lowest BCUT2D eigenvalue weighted by Gasteiger charge is -2.14. The van der Waals surface area contributed by atoms with Gasteiger partial charge in [0.1, 0.15) is 4.21 Å². The summed E-state index contributed by atoms with van der Waals surface area (Å²) in [4.78, 5) is 1.12. The number of hydrogen-bond acceptors (Lipinski definition) is 4. The van der Waals surface area contributed by atoms with Crippen molar-refractivity contribution in [1.29, 1.82) is 0 Å². The molecular formula is C15H26N2O2S2. The molecule has 1 N–H and O–H groups in total. The number of aryl methyl sites for hydroxylation is 1. The lowest BCUT2D eigenvalue weighted by Crippen LogP contribution is -2.28. The Morgan fingerprint density at radius 2 is 2.19 bits per heavy atom. The van der Waals surface area contributed by atoms with Crippen LogP contribution in [-0.4, -0.2) is 31.9 Å². The van der Waals surface area contributed by atoms with Gasteiger partial charge in [-0.25, -0.2) is 8.42 Å². The monoisotopic (exact) mass is 330 g/mol. The lowest BCUT2D eigenvalue weighted by molar-refractivity contribution is 0.454. The maximum atomic E-state index is 12.7. The van der Waals surface area contributed by atoms with Gasteiger partial charge in [0.05, 0.1) is 0 Å². The Morgan fingerprint density at radius 1 is 1.48 bits per heavy atom. The van der Waals surface area contributed by atoms with E-state index in [4.69, 9.17) is 0 Å². The molecule has 2 rings (SSSR count). The van der Waals surface area contributed by atoms with Gasteiger partial charge in [0.25, 0.3) is 10.0 Å². The van der Waals surface area contributed by atoms with E-state index in [1.54, 1.807) is 4.31 Å². The van der Waals surface area contributed by atoms with Gasteiger partial charge < -0.3 is 5.32 Å². The number of thiophene rings is 1. The molecule has 0 bridgehead atoms. The van der Waals surface area contributed by atoms with Crippen LogP contribution in [-0.2, 0) is 16.6 Å². The summed E-state index contributed by atoms with van der Waals surface area (Å²) in [5.74, 6) is 0.517. The van der Waals surface area contributed by atoms with Crippen LogP contribution in [0.4, 0.5) is 0 Å². The quantitative estimate of drug-likeness (QED) is 0.872.